The van der Waals surface area contributed by atoms with Crippen LogP contribution in [0.3, 0.4) is 0 Å². The minimum Gasteiger partial charge on any atom is -0.462 e. The zero-order chi connectivity index (χ0) is 22.0. The number of aromatic nitrogens is 1. The average Bonchev–Trinajstić information content (AvgIpc) is 3.03. The zero-order valence-electron chi connectivity index (χ0n) is 17.7. The van der Waals surface area contributed by atoms with Crippen molar-refractivity contribution in [3.63, 3.8) is 0 Å². The van der Waals surface area contributed by atoms with Crippen LogP contribution in [0, 0.1) is 6.92 Å². The number of carbonyl (C=O) groups is 2. The van der Waals surface area contributed by atoms with Gasteiger partial charge in [0.05, 0.1) is 17.7 Å². The quantitative estimate of drug-likeness (QED) is 0.248. The number of rotatable bonds is 5. The van der Waals surface area contributed by atoms with Gasteiger partial charge in [0.15, 0.2) is 0 Å². The molecule has 0 aliphatic rings. The molecule has 5 nitrogen and oxygen atoms in total. The first kappa shape index (κ1) is 20.4. The summed E-state index contributed by atoms with van der Waals surface area (Å²) in [5.41, 5.74) is 3.09. The van der Waals surface area contributed by atoms with Gasteiger partial charge in [-0.05, 0) is 31.6 Å². The molecule has 4 aromatic rings. The van der Waals surface area contributed by atoms with Crippen molar-refractivity contribution in [3.8, 4) is 5.75 Å². The van der Waals surface area contributed by atoms with Crippen LogP contribution < -0.4 is 4.74 Å². The Kier molecular flexibility index (Phi) is 5.58. The highest BCUT2D eigenvalue weighted by Crippen LogP contribution is 2.37. The molecule has 5 heteroatoms. The predicted octanol–water partition coefficient (Wildman–Crippen LogP) is 5.44. The van der Waals surface area contributed by atoms with Gasteiger partial charge in [0.1, 0.15) is 5.75 Å². The lowest BCUT2D eigenvalue weighted by Gasteiger charge is -2.10. The molecule has 0 unspecified atom stereocenters. The van der Waals surface area contributed by atoms with E-state index in [9.17, 15) is 9.59 Å². The molecule has 3 aromatic carbocycles. The molecular weight excluding hydrogens is 390 g/mol. The highest BCUT2D eigenvalue weighted by atomic mass is 16.5. The molecular formula is C26H23NO4. The molecule has 31 heavy (non-hydrogen) atoms. The van der Waals surface area contributed by atoms with Crippen LogP contribution in [-0.4, -0.2) is 23.1 Å². The van der Waals surface area contributed by atoms with E-state index in [1.54, 1.807) is 19.1 Å². The smallest absolute Gasteiger partial charge is 0.340 e. The van der Waals surface area contributed by atoms with E-state index in [2.05, 4.69) is 0 Å². The van der Waals surface area contributed by atoms with Crippen LogP contribution in [0.25, 0.3) is 27.8 Å². The first-order valence-electron chi connectivity index (χ1n) is 10.1. The molecule has 0 atom stereocenters. The van der Waals surface area contributed by atoms with Gasteiger partial charge in [-0.15, -0.1) is 0 Å². The standard InChI is InChI=1S/C26H23NO4/c1-4-30-26(29)24-17(2)27(3)25-20-13-9-8-12-19(20)22(16-21(24)25)31-23(28)15-14-18-10-6-5-7-11-18/h5-16H,4H2,1-3H3. The van der Waals surface area contributed by atoms with Gasteiger partial charge >= 0.3 is 11.9 Å². The normalized spacial score (nSPS) is 11.3. The number of esters is 2. The molecule has 0 aliphatic carbocycles. The van der Waals surface area contributed by atoms with E-state index in [0.29, 0.717) is 16.7 Å². The average molecular weight is 413 g/mol. The number of ether oxygens (including phenoxy) is 2. The topological polar surface area (TPSA) is 57.5 Å². The summed E-state index contributed by atoms with van der Waals surface area (Å²) in [6.07, 6.45) is 3.11. The monoisotopic (exact) mass is 413 g/mol. The van der Waals surface area contributed by atoms with E-state index in [-0.39, 0.29) is 12.6 Å². The van der Waals surface area contributed by atoms with Crippen LogP contribution in [0.5, 0.6) is 5.75 Å². The van der Waals surface area contributed by atoms with Gasteiger partial charge in [-0.3, -0.25) is 0 Å². The SMILES string of the molecule is CCOC(=O)c1c(C)n(C)c2c1cc(OC(=O)C=Cc1ccccc1)c1ccccc12. The molecule has 156 valence electrons. The Morgan fingerprint density at radius 3 is 2.35 bits per heavy atom. The second-order valence-corrected chi connectivity index (χ2v) is 7.22. The summed E-state index contributed by atoms with van der Waals surface area (Å²) in [7, 11) is 1.92. The fourth-order valence-corrected chi connectivity index (χ4v) is 3.83. The maximum Gasteiger partial charge on any atom is 0.340 e. The van der Waals surface area contributed by atoms with Crippen molar-refractivity contribution in [2.75, 3.05) is 6.61 Å². The Balaban J connectivity index is 1.83. The van der Waals surface area contributed by atoms with Gasteiger partial charge in [0, 0.05) is 35.0 Å². The fourth-order valence-electron chi connectivity index (χ4n) is 3.83. The summed E-state index contributed by atoms with van der Waals surface area (Å²) >= 11 is 0. The van der Waals surface area contributed by atoms with Gasteiger partial charge in [-0.25, -0.2) is 9.59 Å². The Hall–Kier alpha value is -3.86. The first-order chi connectivity index (χ1) is 15.0. The van der Waals surface area contributed by atoms with Crippen LogP contribution in [0.1, 0.15) is 28.5 Å². The van der Waals surface area contributed by atoms with Crippen molar-refractivity contribution in [2.45, 2.75) is 13.8 Å². The van der Waals surface area contributed by atoms with Crippen LogP contribution in [-0.2, 0) is 16.6 Å². The number of aryl methyl sites for hydroxylation is 1. The molecule has 0 amide bonds. The second kappa shape index (κ2) is 8.48. The van der Waals surface area contributed by atoms with Gasteiger partial charge < -0.3 is 14.0 Å². The van der Waals surface area contributed by atoms with Crippen LogP contribution in [0.2, 0.25) is 0 Å². The second-order valence-electron chi connectivity index (χ2n) is 7.22. The third-order valence-electron chi connectivity index (χ3n) is 5.35. The lowest BCUT2D eigenvalue weighted by molar-refractivity contribution is -0.128. The Bertz CT molecular complexity index is 1320. The molecule has 0 N–H and O–H groups in total. The van der Waals surface area contributed by atoms with Gasteiger partial charge in [-0.1, -0.05) is 54.6 Å². The number of hydrogen-bond donors (Lipinski definition) is 0. The maximum atomic E-state index is 12.7. The third-order valence-corrected chi connectivity index (χ3v) is 5.35. The minimum absolute atomic E-state index is 0.286. The molecule has 0 aliphatic heterocycles. The van der Waals surface area contributed by atoms with Crippen LogP contribution in [0.4, 0.5) is 0 Å². The van der Waals surface area contributed by atoms with Crippen molar-refractivity contribution < 1.29 is 19.1 Å². The maximum absolute atomic E-state index is 12.7. The minimum atomic E-state index is -0.487. The number of nitrogens with zero attached hydrogens (tertiary/aromatic N) is 1. The van der Waals surface area contributed by atoms with Gasteiger partial charge in [-0.2, -0.15) is 0 Å². The highest BCUT2D eigenvalue weighted by molar-refractivity contribution is 6.16. The van der Waals surface area contributed by atoms with E-state index in [1.165, 1.54) is 6.08 Å². The third kappa shape index (κ3) is 3.82. The lowest BCUT2D eigenvalue weighted by Crippen LogP contribution is -2.07. The Morgan fingerprint density at radius 1 is 0.968 bits per heavy atom. The summed E-state index contributed by atoms with van der Waals surface area (Å²) in [6, 6.07) is 19.0. The van der Waals surface area contributed by atoms with Crippen LogP contribution >= 0.6 is 0 Å². The van der Waals surface area contributed by atoms with Gasteiger partial charge in [0.2, 0.25) is 0 Å². The molecule has 0 fully saturated rings. The van der Waals surface area contributed by atoms with E-state index in [4.69, 9.17) is 9.47 Å². The van der Waals surface area contributed by atoms with E-state index in [0.717, 1.165) is 27.5 Å². The first-order valence-corrected chi connectivity index (χ1v) is 10.1. The van der Waals surface area contributed by atoms with Crippen molar-refractivity contribution >= 4 is 39.7 Å². The summed E-state index contributed by atoms with van der Waals surface area (Å²) in [5.74, 6) is -0.470. The number of carbonyl (C=O) groups excluding carboxylic acids is 2. The largest absolute Gasteiger partial charge is 0.462 e. The molecule has 0 saturated heterocycles. The molecule has 4 rings (SSSR count). The number of benzene rings is 3. The summed E-state index contributed by atoms with van der Waals surface area (Å²) in [4.78, 5) is 25.2. The number of hydrogen-bond acceptors (Lipinski definition) is 4. The molecule has 1 aromatic heterocycles. The van der Waals surface area contributed by atoms with Gasteiger partial charge in [0.25, 0.3) is 0 Å². The molecule has 0 saturated carbocycles. The van der Waals surface area contributed by atoms with E-state index in [1.807, 2.05) is 73.1 Å². The van der Waals surface area contributed by atoms with Crippen molar-refractivity contribution in [1.29, 1.82) is 0 Å². The van der Waals surface area contributed by atoms with Crippen molar-refractivity contribution in [3.05, 3.63) is 83.6 Å². The van der Waals surface area contributed by atoms with Crippen molar-refractivity contribution in [2.24, 2.45) is 7.05 Å². The fraction of sp³-hybridized carbons (Fsp3) is 0.154. The van der Waals surface area contributed by atoms with E-state index >= 15 is 0 Å². The van der Waals surface area contributed by atoms with Crippen molar-refractivity contribution in [1.82, 2.24) is 4.57 Å². The van der Waals surface area contributed by atoms with E-state index < -0.39 is 5.97 Å². The molecule has 0 radical (unpaired) electrons. The summed E-state index contributed by atoms with van der Waals surface area (Å²) in [6.45, 7) is 3.95. The lowest BCUT2D eigenvalue weighted by atomic mass is 10.0. The summed E-state index contributed by atoms with van der Waals surface area (Å²) < 4.78 is 13.0. The molecule has 1 heterocycles. The predicted molar refractivity (Wildman–Crippen MR) is 122 cm³/mol. The summed E-state index contributed by atoms with van der Waals surface area (Å²) in [5, 5.41) is 2.40. The highest BCUT2D eigenvalue weighted by Gasteiger charge is 2.23. The Labute approximate surface area is 180 Å². The zero-order valence-corrected chi connectivity index (χ0v) is 17.7. The molecule has 0 spiro atoms. The number of fused-ring (bicyclic) bond motifs is 3. The molecule has 0 bridgehead atoms. The Morgan fingerprint density at radius 2 is 1.65 bits per heavy atom. The van der Waals surface area contributed by atoms with Crippen LogP contribution in [0.15, 0.2) is 66.7 Å².